The van der Waals surface area contributed by atoms with E-state index in [0.717, 1.165) is 16.2 Å². The molecule has 0 saturated heterocycles. The van der Waals surface area contributed by atoms with Crippen molar-refractivity contribution >= 4 is 23.4 Å². The highest BCUT2D eigenvalue weighted by atomic mass is 35.5. The standard InChI is InChI=1S/C11H11ClN2OS/c1-7-6-15-11(14-7)16-10-3-2-8(5-13)4-9(10)12/h2-4,6H,5,13H2,1H3. The lowest BCUT2D eigenvalue weighted by atomic mass is 10.2. The molecule has 0 unspecified atom stereocenters. The summed E-state index contributed by atoms with van der Waals surface area (Å²) < 4.78 is 5.25. The molecule has 5 heteroatoms. The molecule has 84 valence electrons. The van der Waals surface area contributed by atoms with E-state index < -0.39 is 0 Å². The first-order chi connectivity index (χ1) is 7.69. The fourth-order valence-electron chi connectivity index (χ4n) is 1.23. The van der Waals surface area contributed by atoms with E-state index in [2.05, 4.69) is 4.98 Å². The Morgan fingerprint density at radius 1 is 1.50 bits per heavy atom. The zero-order valence-corrected chi connectivity index (χ0v) is 10.3. The molecule has 0 atom stereocenters. The minimum Gasteiger partial charge on any atom is -0.439 e. The van der Waals surface area contributed by atoms with Crippen LogP contribution in [0.2, 0.25) is 5.02 Å². The molecule has 0 spiro atoms. The van der Waals surface area contributed by atoms with Gasteiger partial charge in [0.1, 0.15) is 6.26 Å². The van der Waals surface area contributed by atoms with Crippen molar-refractivity contribution in [3.05, 3.63) is 40.7 Å². The highest BCUT2D eigenvalue weighted by Crippen LogP contribution is 2.33. The number of halogens is 1. The smallest absolute Gasteiger partial charge is 0.260 e. The third kappa shape index (κ3) is 2.58. The predicted molar refractivity (Wildman–Crippen MR) is 64.7 cm³/mol. The lowest BCUT2D eigenvalue weighted by Crippen LogP contribution is -1.95. The molecule has 0 saturated carbocycles. The highest BCUT2D eigenvalue weighted by Gasteiger charge is 2.07. The number of rotatable bonds is 3. The lowest BCUT2D eigenvalue weighted by molar-refractivity contribution is 0.454. The maximum absolute atomic E-state index is 6.12. The van der Waals surface area contributed by atoms with Crippen molar-refractivity contribution in [2.45, 2.75) is 23.6 Å². The van der Waals surface area contributed by atoms with Gasteiger partial charge in [-0.25, -0.2) is 4.98 Å². The molecule has 0 aliphatic carbocycles. The molecule has 1 aromatic carbocycles. The Balaban J connectivity index is 2.21. The number of hydrogen-bond acceptors (Lipinski definition) is 4. The van der Waals surface area contributed by atoms with Crippen molar-refractivity contribution < 1.29 is 4.42 Å². The number of nitrogens with zero attached hydrogens (tertiary/aromatic N) is 1. The molecule has 0 bridgehead atoms. The van der Waals surface area contributed by atoms with Gasteiger partial charge in [-0.3, -0.25) is 0 Å². The van der Waals surface area contributed by atoms with Gasteiger partial charge in [-0.2, -0.15) is 0 Å². The number of benzene rings is 1. The fraction of sp³-hybridized carbons (Fsp3) is 0.182. The van der Waals surface area contributed by atoms with Crippen molar-refractivity contribution in [3.8, 4) is 0 Å². The first-order valence-electron chi connectivity index (χ1n) is 4.77. The summed E-state index contributed by atoms with van der Waals surface area (Å²) in [5.41, 5.74) is 7.40. The van der Waals surface area contributed by atoms with E-state index in [-0.39, 0.29) is 0 Å². The summed E-state index contributed by atoms with van der Waals surface area (Å²) in [6, 6.07) is 5.73. The van der Waals surface area contributed by atoms with Crippen LogP contribution in [0.5, 0.6) is 0 Å². The van der Waals surface area contributed by atoms with Gasteiger partial charge in [-0.1, -0.05) is 17.7 Å². The summed E-state index contributed by atoms with van der Waals surface area (Å²) in [7, 11) is 0. The molecule has 0 aliphatic heterocycles. The van der Waals surface area contributed by atoms with E-state index in [0.29, 0.717) is 16.8 Å². The van der Waals surface area contributed by atoms with Crippen LogP contribution in [0.15, 0.2) is 39.0 Å². The molecule has 0 amide bonds. The summed E-state index contributed by atoms with van der Waals surface area (Å²) in [6.45, 7) is 2.37. The largest absolute Gasteiger partial charge is 0.439 e. The summed E-state index contributed by atoms with van der Waals surface area (Å²) >= 11 is 7.52. The number of aryl methyl sites for hydroxylation is 1. The van der Waals surface area contributed by atoms with Crippen molar-refractivity contribution in [1.29, 1.82) is 0 Å². The Morgan fingerprint density at radius 3 is 2.88 bits per heavy atom. The molecular weight excluding hydrogens is 244 g/mol. The summed E-state index contributed by atoms with van der Waals surface area (Å²) in [6.07, 6.45) is 1.62. The number of hydrogen-bond donors (Lipinski definition) is 1. The van der Waals surface area contributed by atoms with Crippen LogP contribution in [0, 0.1) is 6.92 Å². The monoisotopic (exact) mass is 254 g/mol. The number of nitrogens with two attached hydrogens (primary N) is 1. The van der Waals surface area contributed by atoms with Gasteiger partial charge in [0.2, 0.25) is 0 Å². The SMILES string of the molecule is Cc1coc(Sc2ccc(CN)cc2Cl)n1. The van der Waals surface area contributed by atoms with Crippen LogP contribution < -0.4 is 5.73 Å². The molecule has 2 aromatic rings. The Bertz CT molecular complexity index is 498. The van der Waals surface area contributed by atoms with Crippen molar-refractivity contribution in [3.63, 3.8) is 0 Å². The second-order valence-corrected chi connectivity index (χ2v) is 4.73. The van der Waals surface area contributed by atoms with E-state index in [4.69, 9.17) is 21.8 Å². The van der Waals surface area contributed by atoms with Gasteiger partial charge in [0.15, 0.2) is 0 Å². The molecule has 2 N–H and O–H groups in total. The van der Waals surface area contributed by atoms with E-state index in [1.54, 1.807) is 6.26 Å². The first kappa shape index (κ1) is 11.5. The number of aromatic nitrogens is 1. The average molecular weight is 255 g/mol. The van der Waals surface area contributed by atoms with E-state index in [9.17, 15) is 0 Å². The van der Waals surface area contributed by atoms with Gasteiger partial charge in [-0.15, -0.1) is 0 Å². The quantitative estimate of drug-likeness (QED) is 0.914. The van der Waals surface area contributed by atoms with E-state index in [1.807, 2.05) is 25.1 Å². The van der Waals surface area contributed by atoms with Gasteiger partial charge >= 0.3 is 0 Å². The Morgan fingerprint density at radius 2 is 2.31 bits per heavy atom. The second-order valence-electron chi connectivity index (χ2n) is 3.33. The molecular formula is C11H11ClN2OS. The zero-order valence-electron chi connectivity index (χ0n) is 8.74. The van der Waals surface area contributed by atoms with Gasteiger partial charge in [-0.05, 0) is 36.4 Å². The van der Waals surface area contributed by atoms with Crippen LogP contribution in [0.4, 0.5) is 0 Å². The maximum atomic E-state index is 6.12. The molecule has 3 nitrogen and oxygen atoms in total. The average Bonchev–Trinajstić information content (AvgIpc) is 2.67. The molecule has 1 aromatic heterocycles. The summed E-state index contributed by atoms with van der Waals surface area (Å²) in [4.78, 5) is 5.12. The van der Waals surface area contributed by atoms with Crippen LogP contribution in [-0.4, -0.2) is 4.98 Å². The molecule has 0 fully saturated rings. The van der Waals surface area contributed by atoms with E-state index in [1.165, 1.54) is 11.8 Å². The lowest BCUT2D eigenvalue weighted by Gasteiger charge is -2.03. The molecule has 16 heavy (non-hydrogen) atoms. The predicted octanol–water partition coefficient (Wildman–Crippen LogP) is 3.25. The Labute approximate surface area is 103 Å². The fourth-order valence-corrected chi connectivity index (χ4v) is 2.31. The zero-order chi connectivity index (χ0) is 11.5. The number of oxazole rings is 1. The summed E-state index contributed by atoms with van der Waals surface area (Å²) in [5, 5.41) is 1.27. The van der Waals surface area contributed by atoms with Crippen molar-refractivity contribution in [1.82, 2.24) is 4.98 Å². The Hall–Kier alpha value is -0.970. The van der Waals surface area contributed by atoms with Gasteiger partial charge in [0.05, 0.1) is 10.7 Å². The van der Waals surface area contributed by atoms with Gasteiger partial charge < -0.3 is 10.2 Å². The van der Waals surface area contributed by atoms with Gasteiger partial charge in [0, 0.05) is 11.4 Å². The molecule has 1 heterocycles. The van der Waals surface area contributed by atoms with Crippen LogP contribution in [0.25, 0.3) is 0 Å². The maximum Gasteiger partial charge on any atom is 0.260 e. The van der Waals surface area contributed by atoms with E-state index >= 15 is 0 Å². The molecule has 0 aliphatic rings. The minimum atomic E-state index is 0.489. The molecule has 2 rings (SSSR count). The third-order valence-corrected chi connectivity index (χ3v) is 3.39. The summed E-state index contributed by atoms with van der Waals surface area (Å²) in [5.74, 6) is 0. The van der Waals surface area contributed by atoms with Crippen LogP contribution in [0.1, 0.15) is 11.3 Å². The topological polar surface area (TPSA) is 52.0 Å². The third-order valence-electron chi connectivity index (χ3n) is 2.03. The second kappa shape index (κ2) is 4.91. The normalized spacial score (nSPS) is 10.7. The van der Waals surface area contributed by atoms with Crippen molar-refractivity contribution in [2.24, 2.45) is 5.73 Å². The van der Waals surface area contributed by atoms with Crippen LogP contribution in [-0.2, 0) is 6.54 Å². The first-order valence-corrected chi connectivity index (χ1v) is 5.97. The highest BCUT2D eigenvalue weighted by molar-refractivity contribution is 7.99. The van der Waals surface area contributed by atoms with Crippen molar-refractivity contribution in [2.75, 3.05) is 0 Å². The molecule has 0 radical (unpaired) electrons. The Kier molecular flexibility index (Phi) is 3.53. The van der Waals surface area contributed by atoms with Gasteiger partial charge in [0.25, 0.3) is 5.22 Å². The van der Waals surface area contributed by atoms with Crippen LogP contribution >= 0.6 is 23.4 Å². The van der Waals surface area contributed by atoms with Crippen LogP contribution in [0.3, 0.4) is 0 Å². The minimum absolute atomic E-state index is 0.489.